The molecule has 1 fully saturated rings. The number of ether oxygens (including phenoxy) is 1. The number of hydrogen-bond donors (Lipinski definition) is 1. The highest BCUT2D eigenvalue weighted by atomic mass is 16.6. The van der Waals surface area contributed by atoms with Crippen LogP contribution in [0.1, 0.15) is 36.8 Å². The molecule has 1 N–H and O–H groups in total. The van der Waals surface area contributed by atoms with Crippen molar-refractivity contribution in [3.05, 3.63) is 128 Å². The Balaban J connectivity index is 1.27. The summed E-state index contributed by atoms with van der Waals surface area (Å²) in [5.41, 5.74) is 2.96. The van der Waals surface area contributed by atoms with Gasteiger partial charge in [-0.2, -0.15) is 0 Å². The van der Waals surface area contributed by atoms with Gasteiger partial charge in [0.15, 0.2) is 11.6 Å². The second-order valence-electron chi connectivity index (χ2n) is 12.0. The minimum absolute atomic E-state index is 0.0980. The molecule has 0 spiro atoms. The third-order valence-corrected chi connectivity index (χ3v) is 9.44. The summed E-state index contributed by atoms with van der Waals surface area (Å²) in [6.07, 6.45) is 3.50. The molecule has 4 atom stereocenters. The Morgan fingerprint density at radius 2 is 1.70 bits per heavy atom. The number of carbonyl (C=O) groups is 4. The molecular weight excluding hydrogens is 588 g/mol. The molecule has 1 aliphatic heterocycles. The fraction of sp³-hybridized carbons (Fsp3) is 0.222. The summed E-state index contributed by atoms with van der Waals surface area (Å²) in [6.45, 7) is 1.86. The molecule has 230 valence electrons. The molecule has 7 rings (SSSR count). The topological polar surface area (TPSA) is 144 Å². The zero-order chi connectivity index (χ0) is 32.3. The van der Waals surface area contributed by atoms with Gasteiger partial charge < -0.3 is 9.84 Å². The number of phenolic OH excluding ortho intramolecular Hbond substituents is 1. The van der Waals surface area contributed by atoms with E-state index in [1.807, 2.05) is 36.4 Å². The maximum atomic E-state index is 14.0. The van der Waals surface area contributed by atoms with Crippen LogP contribution in [-0.2, 0) is 25.8 Å². The number of carbonyl (C=O) groups excluding carboxylic acids is 4. The number of hydrogen-bond acceptors (Lipinski definition) is 8. The van der Waals surface area contributed by atoms with Gasteiger partial charge in [-0.25, -0.2) is 0 Å². The monoisotopic (exact) mass is 616 g/mol. The Bertz CT molecular complexity index is 1940. The molecule has 3 aliphatic carbocycles. The van der Waals surface area contributed by atoms with E-state index in [-0.39, 0.29) is 64.9 Å². The number of aromatic hydroxyl groups is 1. The summed E-state index contributed by atoms with van der Waals surface area (Å²) in [7, 11) is 0. The zero-order valence-electron chi connectivity index (χ0n) is 24.7. The molecule has 1 saturated heterocycles. The quantitative estimate of drug-likeness (QED) is 0.125. The van der Waals surface area contributed by atoms with Gasteiger partial charge in [-0.1, -0.05) is 48.0 Å². The van der Waals surface area contributed by atoms with Crippen molar-refractivity contribution in [2.24, 2.45) is 17.8 Å². The number of allylic oxidation sites excluding steroid dienone is 6. The third-order valence-electron chi connectivity index (χ3n) is 9.44. The molecule has 2 amide bonds. The van der Waals surface area contributed by atoms with E-state index in [0.29, 0.717) is 16.9 Å². The van der Waals surface area contributed by atoms with Crippen LogP contribution in [0.25, 0.3) is 0 Å². The van der Waals surface area contributed by atoms with Gasteiger partial charge in [-0.05, 0) is 55.5 Å². The number of anilines is 1. The van der Waals surface area contributed by atoms with Crippen molar-refractivity contribution in [2.75, 3.05) is 4.90 Å². The molecule has 0 unspecified atom stereocenters. The van der Waals surface area contributed by atoms with Crippen LogP contribution in [0.2, 0.25) is 0 Å². The number of nitro groups is 1. The Labute approximate surface area is 263 Å². The van der Waals surface area contributed by atoms with Gasteiger partial charge in [0.05, 0.1) is 22.4 Å². The number of imide groups is 1. The average Bonchev–Trinajstić information content (AvgIpc) is 3.31. The molecule has 10 heteroatoms. The Morgan fingerprint density at radius 1 is 0.957 bits per heavy atom. The molecule has 0 bridgehead atoms. The van der Waals surface area contributed by atoms with E-state index in [2.05, 4.69) is 0 Å². The minimum atomic E-state index is -0.816. The maximum Gasteiger partial charge on any atom is 0.269 e. The van der Waals surface area contributed by atoms with Gasteiger partial charge in [0.25, 0.3) is 5.69 Å². The van der Waals surface area contributed by atoms with E-state index >= 15 is 0 Å². The molecule has 0 aromatic heterocycles. The van der Waals surface area contributed by atoms with Crippen LogP contribution in [-0.4, -0.2) is 33.4 Å². The number of benzene rings is 3. The summed E-state index contributed by atoms with van der Waals surface area (Å²) in [6, 6.07) is 19.6. The van der Waals surface area contributed by atoms with E-state index < -0.39 is 40.4 Å². The van der Waals surface area contributed by atoms with Crippen LogP contribution >= 0.6 is 0 Å². The molecular formula is C36H28N2O8. The molecule has 4 aliphatic rings. The van der Waals surface area contributed by atoms with Crippen molar-refractivity contribution in [1.82, 2.24) is 0 Å². The maximum absolute atomic E-state index is 14.0. The standard InChI is InChI=1S/C36H28N2O8/c1-19-15-30(40)33-28(34(19)41)17-27-24(31(33)25-12-11-23(16-29(25)39)46-18-20-5-3-2-4-6-20)13-14-26-32(27)36(43)37(35(26)42)21-7-9-22(10-8-21)38(44)45/h2-13,15-16,26-27,31-32,39H,14,17-18H2,1H3/t26-,27+,31+,32-/m0/s1. The van der Waals surface area contributed by atoms with Crippen LogP contribution < -0.4 is 9.64 Å². The number of nitrogens with zero attached hydrogens (tertiary/aromatic N) is 2. The van der Waals surface area contributed by atoms with Gasteiger partial charge in [0.1, 0.15) is 18.1 Å². The number of ketones is 2. The van der Waals surface area contributed by atoms with E-state index in [1.165, 1.54) is 36.4 Å². The van der Waals surface area contributed by atoms with Crippen LogP contribution in [0, 0.1) is 27.9 Å². The van der Waals surface area contributed by atoms with Gasteiger partial charge in [0, 0.05) is 46.4 Å². The summed E-state index contributed by atoms with van der Waals surface area (Å²) in [5, 5.41) is 22.5. The summed E-state index contributed by atoms with van der Waals surface area (Å²) < 4.78 is 5.90. The first kappa shape index (κ1) is 29.1. The highest BCUT2D eigenvalue weighted by Gasteiger charge is 2.56. The zero-order valence-corrected chi connectivity index (χ0v) is 24.7. The van der Waals surface area contributed by atoms with Crippen molar-refractivity contribution in [3.63, 3.8) is 0 Å². The highest BCUT2D eigenvalue weighted by Crippen LogP contribution is 2.56. The molecule has 3 aromatic carbocycles. The van der Waals surface area contributed by atoms with E-state index in [4.69, 9.17) is 4.74 Å². The number of non-ortho nitro benzene ring substituents is 1. The molecule has 0 saturated carbocycles. The minimum Gasteiger partial charge on any atom is -0.507 e. The predicted octanol–water partition coefficient (Wildman–Crippen LogP) is 5.51. The number of phenols is 1. The van der Waals surface area contributed by atoms with Gasteiger partial charge >= 0.3 is 0 Å². The lowest BCUT2D eigenvalue weighted by atomic mass is 9.59. The summed E-state index contributed by atoms with van der Waals surface area (Å²) >= 11 is 0. The van der Waals surface area contributed by atoms with Gasteiger partial charge in [0.2, 0.25) is 11.8 Å². The summed E-state index contributed by atoms with van der Waals surface area (Å²) in [5.74, 6) is -4.13. The average molecular weight is 617 g/mol. The van der Waals surface area contributed by atoms with Crippen molar-refractivity contribution in [2.45, 2.75) is 32.3 Å². The first-order chi connectivity index (χ1) is 22.1. The Hall–Kier alpha value is -5.64. The van der Waals surface area contributed by atoms with E-state index in [9.17, 15) is 34.4 Å². The lowest BCUT2D eigenvalue weighted by molar-refractivity contribution is -0.384. The largest absolute Gasteiger partial charge is 0.507 e. The molecule has 10 nitrogen and oxygen atoms in total. The van der Waals surface area contributed by atoms with Gasteiger partial charge in [-0.15, -0.1) is 0 Å². The number of amides is 2. The lowest BCUT2D eigenvalue weighted by Crippen LogP contribution is -2.39. The summed E-state index contributed by atoms with van der Waals surface area (Å²) in [4.78, 5) is 66.4. The van der Waals surface area contributed by atoms with Crippen LogP contribution in [0.5, 0.6) is 11.5 Å². The Morgan fingerprint density at radius 3 is 2.39 bits per heavy atom. The van der Waals surface area contributed by atoms with E-state index in [1.54, 1.807) is 19.1 Å². The van der Waals surface area contributed by atoms with Crippen LogP contribution in [0.15, 0.2) is 107 Å². The number of Topliss-reactive ketones (excluding diaryl/α,β-unsaturated/α-hetero) is 1. The lowest BCUT2D eigenvalue weighted by Gasteiger charge is -2.42. The smallest absolute Gasteiger partial charge is 0.269 e. The normalized spacial score (nSPS) is 23.8. The van der Waals surface area contributed by atoms with Crippen LogP contribution in [0.4, 0.5) is 11.4 Å². The van der Waals surface area contributed by atoms with Crippen molar-refractivity contribution >= 4 is 34.8 Å². The SMILES string of the molecule is CC1=CC(=O)C2=C(C[C@@H]3C(=CC[C@@H]4C(=O)N(c5ccc([N+](=O)[O-])cc5)C(=O)[C@@H]43)[C@@H]2c2ccc(OCc3ccccc3)cc2O)C1=O. The van der Waals surface area contributed by atoms with Crippen LogP contribution in [0.3, 0.4) is 0 Å². The van der Waals surface area contributed by atoms with Gasteiger partial charge in [-0.3, -0.25) is 34.2 Å². The third kappa shape index (κ3) is 4.65. The van der Waals surface area contributed by atoms with E-state index in [0.717, 1.165) is 10.5 Å². The fourth-order valence-corrected chi connectivity index (χ4v) is 7.31. The Kier molecular flexibility index (Phi) is 7.00. The first-order valence-corrected chi connectivity index (χ1v) is 15.0. The highest BCUT2D eigenvalue weighted by molar-refractivity contribution is 6.25. The molecule has 46 heavy (non-hydrogen) atoms. The van der Waals surface area contributed by atoms with Crippen molar-refractivity contribution in [3.8, 4) is 11.5 Å². The predicted molar refractivity (Wildman–Crippen MR) is 166 cm³/mol. The van der Waals surface area contributed by atoms with Crippen molar-refractivity contribution < 1.29 is 33.9 Å². The number of nitro benzene ring substituents is 1. The fourth-order valence-electron chi connectivity index (χ4n) is 7.31. The second-order valence-corrected chi connectivity index (χ2v) is 12.0. The molecule has 3 aromatic rings. The van der Waals surface area contributed by atoms with Crippen molar-refractivity contribution in [1.29, 1.82) is 0 Å². The number of fused-ring (bicyclic) bond motifs is 3. The molecule has 0 radical (unpaired) electrons. The first-order valence-electron chi connectivity index (χ1n) is 15.0. The molecule has 1 heterocycles. The number of rotatable bonds is 6. The second kappa shape index (κ2) is 11.1.